The van der Waals surface area contributed by atoms with Crippen molar-refractivity contribution in [1.82, 2.24) is 10.2 Å². The van der Waals surface area contributed by atoms with Crippen LogP contribution in [0.5, 0.6) is 0 Å². The molecule has 1 saturated heterocycles. The zero-order valence-corrected chi connectivity index (χ0v) is 14.2. The maximum atomic E-state index is 13.3. The van der Waals surface area contributed by atoms with Crippen molar-refractivity contribution in [3.05, 3.63) is 0 Å². The lowest BCUT2D eigenvalue weighted by molar-refractivity contribution is -0.164. The predicted octanol–water partition coefficient (Wildman–Crippen LogP) is 2.86. The lowest BCUT2D eigenvalue weighted by atomic mass is 9.80. The van der Waals surface area contributed by atoms with Gasteiger partial charge in [-0.2, -0.15) is 0 Å². The number of rotatable bonds is 6. The van der Waals surface area contributed by atoms with E-state index in [2.05, 4.69) is 26.1 Å². The Balaban J connectivity index is 2.46. The minimum Gasteiger partial charge on any atom is -0.340 e. The van der Waals surface area contributed by atoms with Crippen molar-refractivity contribution >= 4 is 11.8 Å². The van der Waals surface area contributed by atoms with Crippen molar-refractivity contribution in [2.45, 2.75) is 90.3 Å². The minimum absolute atomic E-state index is 0.0335. The second-order valence-electron chi connectivity index (χ2n) is 6.85. The van der Waals surface area contributed by atoms with Crippen LogP contribution in [0.4, 0.5) is 0 Å². The van der Waals surface area contributed by atoms with Crippen LogP contribution in [0.15, 0.2) is 0 Å². The molecule has 21 heavy (non-hydrogen) atoms. The van der Waals surface area contributed by atoms with Crippen molar-refractivity contribution in [3.8, 4) is 0 Å². The van der Waals surface area contributed by atoms with Crippen LogP contribution in [0.3, 0.4) is 0 Å². The Bertz CT molecular complexity index is 418. The van der Waals surface area contributed by atoms with Crippen molar-refractivity contribution in [2.24, 2.45) is 5.92 Å². The third-order valence-electron chi connectivity index (χ3n) is 5.93. The fourth-order valence-electron chi connectivity index (χ4n) is 4.01. The molecule has 2 rings (SSSR count). The fraction of sp³-hybridized carbons (Fsp3) is 0.882. The summed E-state index contributed by atoms with van der Waals surface area (Å²) in [5.74, 6) is 0.491. The van der Waals surface area contributed by atoms with Gasteiger partial charge >= 0.3 is 0 Å². The van der Waals surface area contributed by atoms with Gasteiger partial charge in [-0.3, -0.25) is 9.59 Å². The van der Waals surface area contributed by atoms with Crippen LogP contribution in [0, 0.1) is 5.92 Å². The van der Waals surface area contributed by atoms with Crippen LogP contribution in [0.1, 0.15) is 73.1 Å². The number of carbonyl (C=O) groups is 2. The molecule has 1 heterocycles. The lowest BCUT2D eigenvalue weighted by Crippen LogP contribution is -2.74. The van der Waals surface area contributed by atoms with Gasteiger partial charge in [0.05, 0.1) is 0 Å². The van der Waals surface area contributed by atoms with Gasteiger partial charge < -0.3 is 10.2 Å². The summed E-state index contributed by atoms with van der Waals surface area (Å²) in [7, 11) is 0. The SMILES string of the molecule is CCC1C(=O)NC(C)(C2CC2)C(=O)N1C(CC)(CC)CC. The first kappa shape index (κ1) is 16.3. The van der Waals surface area contributed by atoms with Crippen LogP contribution < -0.4 is 5.32 Å². The van der Waals surface area contributed by atoms with Gasteiger partial charge in [0.25, 0.3) is 0 Å². The van der Waals surface area contributed by atoms with Gasteiger partial charge in [0.15, 0.2) is 0 Å². The topological polar surface area (TPSA) is 49.4 Å². The molecular weight excluding hydrogens is 264 g/mol. The molecule has 2 amide bonds. The van der Waals surface area contributed by atoms with Crippen LogP contribution in [0.25, 0.3) is 0 Å². The Morgan fingerprint density at radius 1 is 1.14 bits per heavy atom. The number of nitrogens with one attached hydrogen (secondary N) is 1. The zero-order valence-electron chi connectivity index (χ0n) is 14.2. The Hall–Kier alpha value is -1.06. The highest BCUT2D eigenvalue weighted by atomic mass is 16.2. The number of amides is 2. The second-order valence-corrected chi connectivity index (χ2v) is 6.85. The van der Waals surface area contributed by atoms with Crippen LogP contribution in [-0.2, 0) is 9.59 Å². The van der Waals surface area contributed by atoms with E-state index in [1.165, 1.54) is 0 Å². The largest absolute Gasteiger partial charge is 0.340 e. The van der Waals surface area contributed by atoms with Gasteiger partial charge in [0.2, 0.25) is 11.8 Å². The lowest BCUT2D eigenvalue weighted by Gasteiger charge is -2.53. The van der Waals surface area contributed by atoms with Gasteiger partial charge in [0.1, 0.15) is 11.6 Å². The minimum atomic E-state index is -0.687. The van der Waals surface area contributed by atoms with E-state index in [-0.39, 0.29) is 23.4 Å². The van der Waals surface area contributed by atoms with Crippen LogP contribution in [-0.4, -0.2) is 33.8 Å². The van der Waals surface area contributed by atoms with Gasteiger partial charge in [-0.25, -0.2) is 0 Å². The molecular formula is C17H30N2O2. The molecule has 2 unspecified atom stereocenters. The first-order valence-corrected chi connectivity index (χ1v) is 8.55. The summed E-state index contributed by atoms with van der Waals surface area (Å²) in [5.41, 5.74) is -0.876. The van der Waals surface area contributed by atoms with Crippen molar-refractivity contribution in [3.63, 3.8) is 0 Å². The molecule has 120 valence electrons. The molecule has 1 aliphatic heterocycles. The molecule has 2 atom stereocenters. The van der Waals surface area contributed by atoms with Gasteiger partial charge in [-0.15, -0.1) is 0 Å². The Labute approximate surface area is 128 Å². The van der Waals surface area contributed by atoms with Crippen molar-refractivity contribution in [1.29, 1.82) is 0 Å². The molecule has 1 saturated carbocycles. The Morgan fingerprint density at radius 2 is 1.67 bits per heavy atom. The molecule has 0 radical (unpaired) electrons. The quantitative estimate of drug-likeness (QED) is 0.819. The highest BCUT2D eigenvalue weighted by molar-refractivity contribution is 6.00. The number of hydrogen-bond donors (Lipinski definition) is 1. The molecule has 0 aromatic rings. The third kappa shape index (κ3) is 2.36. The average Bonchev–Trinajstić information content (AvgIpc) is 3.31. The summed E-state index contributed by atoms with van der Waals surface area (Å²) >= 11 is 0. The van der Waals surface area contributed by atoms with Crippen molar-refractivity contribution < 1.29 is 9.59 Å². The summed E-state index contributed by atoms with van der Waals surface area (Å²) in [6.45, 7) is 10.3. The summed E-state index contributed by atoms with van der Waals surface area (Å²) in [5, 5.41) is 3.05. The van der Waals surface area contributed by atoms with Gasteiger partial charge in [0, 0.05) is 5.54 Å². The van der Waals surface area contributed by atoms with E-state index < -0.39 is 5.54 Å². The average molecular weight is 294 g/mol. The van der Waals surface area contributed by atoms with Crippen molar-refractivity contribution in [2.75, 3.05) is 0 Å². The first-order chi connectivity index (χ1) is 9.90. The fourth-order valence-corrected chi connectivity index (χ4v) is 4.01. The molecule has 2 aliphatic rings. The molecule has 2 fully saturated rings. The Morgan fingerprint density at radius 3 is 2.05 bits per heavy atom. The molecule has 0 aromatic heterocycles. The number of piperazine rings is 1. The van der Waals surface area contributed by atoms with E-state index in [1.54, 1.807) is 0 Å². The zero-order chi connectivity index (χ0) is 15.8. The third-order valence-corrected chi connectivity index (χ3v) is 5.93. The number of nitrogens with zero attached hydrogens (tertiary/aromatic N) is 1. The summed E-state index contributed by atoms with van der Waals surface area (Å²) in [6, 6.07) is -0.316. The summed E-state index contributed by atoms with van der Waals surface area (Å²) in [4.78, 5) is 27.9. The van der Waals surface area contributed by atoms with Gasteiger partial charge in [-0.05, 0) is 51.4 Å². The maximum absolute atomic E-state index is 13.3. The highest BCUT2D eigenvalue weighted by Gasteiger charge is 2.58. The Kier molecular flexibility index (Phi) is 4.36. The second kappa shape index (κ2) is 5.62. The first-order valence-electron chi connectivity index (χ1n) is 8.55. The summed E-state index contributed by atoms with van der Waals surface area (Å²) < 4.78 is 0. The maximum Gasteiger partial charge on any atom is 0.249 e. The van der Waals surface area contributed by atoms with E-state index in [1.807, 2.05) is 18.7 Å². The monoisotopic (exact) mass is 294 g/mol. The number of hydrogen-bond acceptors (Lipinski definition) is 2. The molecule has 4 heteroatoms. The standard InChI is InChI=1S/C17H30N2O2/c1-6-13-14(20)18-16(5,12-10-11-12)15(21)19(13)17(7-2,8-3)9-4/h12-13H,6-11H2,1-5H3,(H,18,20). The van der Waals surface area contributed by atoms with Crippen LogP contribution >= 0.6 is 0 Å². The predicted molar refractivity (Wildman–Crippen MR) is 83.8 cm³/mol. The highest BCUT2D eigenvalue weighted by Crippen LogP contribution is 2.45. The molecule has 1 N–H and O–H groups in total. The van der Waals surface area contributed by atoms with E-state index >= 15 is 0 Å². The molecule has 1 aliphatic carbocycles. The van der Waals surface area contributed by atoms with E-state index in [0.717, 1.165) is 32.1 Å². The molecule has 0 bridgehead atoms. The van der Waals surface area contributed by atoms with Gasteiger partial charge in [-0.1, -0.05) is 27.7 Å². The van der Waals surface area contributed by atoms with E-state index in [9.17, 15) is 9.59 Å². The molecule has 0 aromatic carbocycles. The van der Waals surface area contributed by atoms with E-state index in [0.29, 0.717) is 12.3 Å². The normalized spacial score (nSPS) is 30.5. The molecule has 4 nitrogen and oxygen atoms in total. The van der Waals surface area contributed by atoms with Crippen LogP contribution in [0.2, 0.25) is 0 Å². The molecule has 0 spiro atoms. The number of carbonyl (C=O) groups excluding carboxylic acids is 2. The summed E-state index contributed by atoms with van der Waals surface area (Å²) in [6.07, 6.45) is 5.47. The smallest absolute Gasteiger partial charge is 0.249 e. The van der Waals surface area contributed by atoms with E-state index in [4.69, 9.17) is 0 Å².